The number of nitrogens with one attached hydrogen (secondary N) is 1. The highest BCUT2D eigenvalue weighted by Crippen LogP contribution is 2.42. The van der Waals surface area contributed by atoms with Crippen LogP contribution in [-0.2, 0) is 4.79 Å². The van der Waals surface area contributed by atoms with E-state index in [1.165, 1.54) is 32.1 Å². The Balaban J connectivity index is 2.13. The minimum atomic E-state index is -0.174. The molecule has 1 saturated carbocycles. The maximum absolute atomic E-state index is 11.2. The molecule has 3 heteroatoms. The number of carbonyl (C=O) groups excluding carboxylic acids is 1. The van der Waals surface area contributed by atoms with Gasteiger partial charge in [0.1, 0.15) is 0 Å². The maximum atomic E-state index is 11.2. The summed E-state index contributed by atoms with van der Waals surface area (Å²) in [5, 5.41) is 3.54. The molecule has 86 valence electrons. The van der Waals surface area contributed by atoms with E-state index in [0.29, 0.717) is 0 Å². The lowest BCUT2D eigenvalue weighted by Crippen LogP contribution is -2.62. The van der Waals surface area contributed by atoms with Crippen LogP contribution in [0.1, 0.15) is 51.9 Å². The van der Waals surface area contributed by atoms with Gasteiger partial charge in [-0.15, -0.1) is 0 Å². The van der Waals surface area contributed by atoms with Crippen LogP contribution in [0.25, 0.3) is 0 Å². The number of rotatable bonds is 2. The number of nitrogens with two attached hydrogens (primary N) is 1. The van der Waals surface area contributed by atoms with Gasteiger partial charge in [-0.1, -0.05) is 19.8 Å². The minimum Gasteiger partial charge on any atom is -0.368 e. The normalized spacial score (nSPS) is 40.9. The highest BCUT2D eigenvalue weighted by Gasteiger charge is 2.44. The Morgan fingerprint density at radius 1 is 1.40 bits per heavy atom. The van der Waals surface area contributed by atoms with Crippen LogP contribution in [0.15, 0.2) is 0 Å². The molecule has 3 nitrogen and oxygen atoms in total. The van der Waals surface area contributed by atoms with Crippen LogP contribution in [0.5, 0.6) is 0 Å². The van der Waals surface area contributed by atoms with Crippen molar-refractivity contribution in [1.29, 1.82) is 0 Å². The van der Waals surface area contributed by atoms with Gasteiger partial charge in [0.2, 0.25) is 5.91 Å². The van der Waals surface area contributed by atoms with Gasteiger partial charge < -0.3 is 11.1 Å². The first kappa shape index (κ1) is 10.9. The summed E-state index contributed by atoms with van der Waals surface area (Å²) in [6.45, 7) is 2.23. The number of carbonyl (C=O) groups is 1. The SMILES string of the molecule is CC[C@@]12CCCCC1CC[C@H](C(N)=O)N2. The molecule has 1 aliphatic carbocycles. The van der Waals surface area contributed by atoms with Gasteiger partial charge in [-0.05, 0) is 38.0 Å². The zero-order valence-corrected chi connectivity index (χ0v) is 9.59. The Morgan fingerprint density at radius 3 is 2.87 bits per heavy atom. The van der Waals surface area contributed by atoms with E-state index in [2.05, 4.69) is 12.2 Å². The molecule has 2 rings (SSSR count). The van der Waals surface area contributed by atoms with E-state index in [4.69, 9.17) is 5.73 Å². The number of hydrogen-bond acceptors (Lipinski definition) is 2. The summed E-state index contributed by atoms with van der Waals surface area (Å²) in [5.41, 5.74) is 5.62. The first-order valence-electron chi connectivity index (χ1n) is 6.25. The van der Waals surface area contributed by atoms with Gasteiger partial charge in [0.05, 0.1) is 6.04 Å². The zero-order chi connectivity index (χ0) is 10.9. The van der Waals surface area contributed by atoms with E-state index < -0.39 is 0 Å². The first-order valence-corrected chi connectivity index (χ1v) is 6.25. The van der Waals surface area contributed by atoms with Gasteiger partial charge in [-0.3, -0.25) is 4.79 Å². The molecule has 2 fully saturated rings. The quantitative estimate of drug-likeness (QED) is 0.726. The van der Waals surface area contributed by atoms with E-state index in [-0.39, 0.29) is 17.5 Å². The lowest BCUT2D eigenvalue weighted by atomic mass is 9.66. The lowest BCUT2D eigenvalue weighted by molar-refractivity contribution is -0.122. The Bertz CT molecular complexity index is 254. The van der Waals surface area contributed by atoms with Crippen molar-refractivity contribution in [3.8, 4) is 0 Å². The molecule has 3 N–H and O–H groups in total. The number of amides is 1. The molecule has 1 aliphatic heterocycles. The van der Waals surface area contributed by atoms with Crippen molar-refractivity contribution in [2.24, 2.45) is 11.7 Å². The van der Waals surface area contributed by atoms with Crippen LogP contribution < -0.4 is 11.1 Å². The van der Waals surface area contributed by atoms with E-state index in [1.807, 2.05) is 0 Å². The van der Waals surface area contributed by atoms with Crippen LogP contribution in [-0.4, -0.2) is 17.5 Å². The summed E-state index contributed by atoms with van der Waals surface area (Å²) < 4.78 is 0. The Labute approximate surface area is 91.8 Å². The number of hydrogen-bond donors (Lipinski definition) is 2. The summed E-state index contributed by atoms with van der Waals surface area (Å²) >= 11 is 0. The number of fused-ring (bicyclic) bond motifs is 1. The summed E-state index contributed by atoms with van der Waals surface area (Å²) in [7, 11) is 0. The van der Waals surface area contributed by atoms with Crippen LogP contribution >= 0.6 is 0 Å². The fraction of sp³-hybridized carbons (Fsp3) is 0.917. The van der Waals surface area contributed by atoms with Gasteiger partial charge in [-0.25, -0.2) is 0 Å². The standard InChI is InChI=1S/C12H22N2O/c1-2-12-8-4-3-5-9(12)6-7-10(14-12)11(13)15/h9-10,14H,2-8H2,1H3,(H2,13,15)/t9?,10-,12-/m1/s1. The second-order valence-corrected chi connectivity index (χ2v) is 5.13. The number of piperidine rings is 1. The molecule has 2 aliphatic rings. The second kappa shape index (κ2) is 4.12. The maximum Gasteiger partial charge on any atom is 0.234 e. The molecule has 0 radical (unpaired) electrons. The molecule has 0 spiro atoms. The van der Waals surface area contributed by atoms with Crippen LogP contribution in [0.4, 0.5) is 0 Å². The largest absolute Gasteiger partial charge is 0.368 e. The molecule has 0 bridgehead atoms. The molecule has 0 aromatic heterocycles. The summed E-state index contributed by atoms with van der Waals surface area (Å²) in [6, 6.07) is -0.0840. The third kappa shape index (κ3) is 1.89. The Hall–Kier alpha value is -0.570. The van der Waals surface area contributed by atoms with Gasteiger partial charge in [0, 0.05) is 5.54 Å². The molecule has 1 heterocycles. The van der Waals surface area contributed by atoms with Crippen LogP contribution in [0.3, 0.4) is 0 Å². The van der Waals surface area contributed by atoms with Crippen molar-refractivity contribution in [1.82, 2.24) is 5.32 Å². The zero-order valence-electron chi connectivity index (χ0n) is 9.59. The number of primary amides is 1. The molecule has 1 unspecified atom stereocenters. The third-order valence-corrected chi connectivity index (χ3v) is 4.45. The Morgan fingerprint density at radius 2 is 2.20 bits per heavy atom. The topological polar surface area (TPSA) is 55.1 Å². The molecule has 15 heavy (non-hydrogen) atoms. The molecule has 0 aromatic rings. The van der Waals surface area contributed by atoms with Gasteiger partial charge in [0.15, 0.2) is 0 Å². The molecular weight excluding hydrogens is 188 g/mol. The molecule has 3 atom stereocenters. The van der Waals surface area contributed by atoms with E-state index in [9.17, 15) is 4.79 Å². The average Bonchev–Trinajstić information content (AvgIpc) is 2.28. The average molecular weight is 210 g/mol. The van der Waals surface area contributed by atoms with E-state index >= 15 is 0 Å². The molecule has 0 aromatic carbocycles. The van der Waals surface area contributed by atoms with Gasteiger partial charge in [0.25, 0.3) is 0 Å². The monoisotopic (exact) mass is 210 g/mol. The highest BCUT2D eigenvalue weighted by atomic mass is 16.1. The van der Waals surface area contributed by atoms with E-state index in [0.717, 1.165) is 18.8 Å². The minimum absolute atomic E-state index is 0.0840. The summed E-state index contributed by atoms with van der Waals surface area (Å²) in [6.07, 6.45) is 8.43. The highest BCUT2D eigenvalue weighted by molar-refractivity contribution is 5.80. The third-order valence-electron chi connectivity index (χ3n) is 4.45. The fourth-order valence-electron chi connectivity index (χ4n) is 3.49. The predicted molar refractivity (Wildman–Crippen MR) is 60.3 cm³/mol. The molecule has 1 amide bonds. The van der Waals surface area contributed by atoms with Gasteiger partial charge >= 0.3 is 0 Å². The Kier molecular flexibility index (Phi) is 3.01. The van der Waals surface area contributed by atoms with Crippen LogP contribution in [0, 0.1) is 5.92 Å². The van der Waals surface area contributed by atoms with E-state index in [1.54, 1.807) is 0 Å². The van der Waals surface area contributed by atoms with Crippen molar-refractivity contribution in [2.75, 3.05) is 0 Å². The van der Waals surface area contributed by atoms with Crippen molar-refractivity contribution >= 4 is 5.91 Å². The fourth-order valence-corrected chi connectivity index (χ4v) is 3.49. The second-order valence-electron chi connectivity index (χ2n) is 5.13. The summed E-state index contributed by atoms with van der Waals surface area (Å²) in [5.74, 6) is 0.596. The molecular formula is C12H22N2O. The van der Waals surface area contributed by atoms with Crippen molar-refractivity contribution in [3.05, 3.63) is 0 Å². The van der Waals surface area contributed by atoms with Crippen LogP contribution in [0.2, 0.25) is 0 Å². The van der Waals surface area contributed by atoms with Crippen molar-refractivity contribution in [2.45, 2.75) is 63.5 Å². The van der Waals surface area contributed by atoms with Crippen molar-refractivity contribution in [3.63, 3.8) is 0 Å². The lowest BCUT2D eigenvalue weighted by Gasteiger charge is -2.50. The first-order chi connectivity index (χ1) is 7.18. The summed E-state index contributed by atoms with van der Waals surface area (Å²) in [4.78, 5) is 11.2. The van der Waals surface area contributed by atoms with Gasteiger partial charge in [-0.2, -0.15) is 0 Å². The van der Waals surface area contributed by atoms with Crippen molar-refractivity contribution < 1.29 is 4.79 Å². The predicted octanol–water partition coefficient (Wildman–Crippen LogP) is 1.56. The smallest absolute Gasteiger partial charge is 0.234 e. The molecule has 1 saturated heterocycles.